The molecule has 0 radical (unpaired) electrons. The molecule has 114 valence electrons. The van der Waals surface area contributed by atoms with Crippen molar-refractivity contribution < 1.29 is 14.7 Å². The van der Waals surface area contributed by atoms with Gasteiger partial charge in [-0.15, -0.1) is 0 Å². The lowest BCUT2D eigenvalue weighted by Crippen LogP contribution is -2.51. The normalized spacial score (nSPS) is 19.7. The largest absolute Gasteiger partial charge is 0.480 e. The maximum absolute atomic E-state index is 12.1. The average molecular weight is 290 g/mol. The molecule has 1 fully saturated rings. The number of carboxylic acid groups (broad SMARTS) is 1. The van der Waals surface area contributed by atoms with E-state index in [2.05, 4.69) is 10.6 Å². The van der Waals surface area contributed by atoms with Gasteiger partial charge in [0.05, 0.1) is 6.04 Å². The van der Waals surface area contributed by atoms with Crippen molar-refractivity contribution in [2.75, 3.05) is 6.54 Å². The predicted octanol–water partition coefficient (Wildman–Crippen LogP) is 1.33. The lowest BCUT2D eigenvalue weighted by Gasteiger charge is -2.24. The number of carbonyl (C=O) groups is 2. The van der Waals surface area contributed by atoms with E-state index in [9.17, 15) is 14.7 Å². The molecule has 1 heterocycles. The van der Waals surface area contributed by atoms with Gasteiger partial charge in [0.15, 0.2) is 0 Å². The van der Waals surface area contributed by atoms with Crippen molar-refractivity contribution in [3.8, 4) is 0 Å². The zero-order valence-corrected chi connectivity index (χ0v) is 12.0. The van der Waals surface area contributed by atoms with Gasteiger partial charge < -0.3 is 15.7 Å². The first kappa shape index (κ1) is 15.5. The molecule has 5 heteroatoms. The molecule has 1 aliphatic rings. The molecular weight excluding hydrogens is 268 g/mol. The van der Waals surface area contributed by atoms with E-state index in [1.165, 1.54) is 0 Å². The van der Waals surface area contributed by atoms with Crippen LogP contribution >= 0.6 is 0 Å². The molecule has 0 bridgehead atoms. The Labute approximate surface area is 124 Å². The van der Waals surface area contributed by atoms with Crippen LogP contribution in [0, 0.1) is 0 Å². The number of piperidine rings is 1. The van der Waals surface area contributed by atoms with Crippen molar-refractivity contribution >= 4 is 11.9 Å². The second kappa shape index (κ2) is 7.78. The van der Waals surface area contributed by atoms with Gasteiger partial charge in [-0.05, 0) is 37.8 Å². The highest BCUT2D eigenvalue weighted by atomic mass is 16.4. The number of hydrogen-bond acceptors (Lipinski definition) is 3. The number of carboxylic acids is 1. The first-order valence-electron chi connectivity index (χ1n) is 7.47. The van der Waals surface area contributed by atoms with Gasteiger partial charge in [-0.2, -0.15) is 0 Å². The summed E-state index contributed by atoms with van der Waals surface area (Å²) in [4.78, 5) is 23.4. The summed E-state index contributed by atoms with van der Waals surface area (Å²) < 4.78 is 0. The van der Waals surface area contributed by atoms with Crippen LogP contribution in [0.15, 0.2) is 30.3 Å². The number of amides is 1. The molecule has 1 aromatic carbocycles. The van der Waals surface area contributed by atoms with Gasteiger partial charge in [-0.3, -0.25) is 4.79 Å². The van der Waals surface area contributed by atoms with E-state index in [1.54, 1.807) is 0 Å². The molecule has 1 aromatic rings. The van der Waals surface area contributed by atoms with Gasteiger partial charge in [-0.25, -0.2) is 4.79 Å². The Kier molecular flexibility index (Phi) is 5.75. The summed E-state index contributed by atoms with van der Waals surface area (Å²) in [5.74, 6) is -1.18. The third-order valence-electron chi connectivity index (χ3n) is 3.81. The molecule has 21 heavy (non-hydrogen) atoms. The molecule has 0 aliphatic carbocycles. The number of aryl methyl sites for hydroxylation is 1. The number of aliphatic carboxylic acids is 1. The van der Waals surface area contributed by atoms with Crippen molar-refractivity contribution in [1.29, 1.82) is 0 Å². The molecule has 0 spiro atoms. The highest BCUT2D eigenvalue weighted by Crippen LogP contribution is 2.09. The molecule has 1 amide bonds. The van der Waals surface area contributed by atoms with Gasteiger partial charge in [0.1, 0.15) is 6.04 Å². The first-order chi connectivity index (χ1) is 10.2. The zero-order chi connectivity index (χ0) is 15.1. The summed E-state index contributed by atoms with van der Waals surface area (Å²) in [7, 11) is 0. The number of rotatable bonds is 6. The average Bonchev–Trinajstić information content (AvgIpc) is 2.52. The Morgan fingerprint density at radius 1 is 1.29 bits per heavy atom. The van der Waals surface area contributed by atoms with Crippen LogP contribution in [0.2, 0.25) is 0 Å². The third-order valence-corrected chi connectivity index (χ3v) is 3.81. The molecule has 0 aromatic heterocycles. The van der Waals surface area contributed by atoms with E-state index in [1.807, 2.05) is 30.3 Å². The predicted molar refractivity (Wildman–Crippen MR) is 80.0 cm³/mol. The van der Waals surface area contributed by atoms with Gasteiger partial charge in [-0.1, -0.05) is 36.8 Å². The molecule has 1 unspecified atom stereocenters. The fourth-order valence-corrected chi connectivity index (χ4v) is 2.56. The lowest BCUT2D eigenvalue weighted by molar-refractivity contribution is -0.142. The minimum absolute atomic E-state index is 0.199. The Bertz CT molecular complexity index is 470. The van der Waals surface area contributed by atoms with Crippen LogP contribution in [-0.2, 0) is 16.0 Å². The van der Waals surface area contributed by atoms with Crippen molar-refractivity contribution in [3.05, 3.63) is 35.9 Å². The number of carbonyl (C=O) groups excluding carboxylic acids is 1. The van der Waals surface area contributed by atoms with E-state index < -0.39 is 12.0 Å². The van der Waals surface area contributed by atoms with Crippen LogP contribution in [0.1, 0.15) is 31.2 Å². The molecule has 3 N–H and O–H groups in total. The SMILES string of the molecule is O=C(O)C(CCc1ccccc1)NC(=O)[C@@H]1CCCCN1. The fraction of sp³-hybridized carbons (Fsp3) is 0.500. The van der Waals surface area contributed by atoms with Crippen LogP contribution in [0.25, 0.3) is 0 Å². The van der Waals surface area contributed by atoms with E-state index >= 15 is 0 Å². The van der Waals surface area contributed by atoms with E-state index in [0.717, 1.165) is 31.4 Å². The van der Waals surface area contributed by atoms with Crippen molar-refractivity contribution in [3.63, 3.8) is 0 Å². The highest BCUT2D eigenvalue weighted by molar-refractivity contribution is 5.86. The minimum Gasteiger partial charge on any atom is -0.480 e. The topological polar surface area (TPSA) is 78.4 Å². The quantitative estimate of drug-likeness (QED) is 0.738. The zero-order valence-electron chi connectivity index (χ0n) is 12.0. The van der Waals surface area contributed by atoms with E-state index in [0.29, 0.717) is 12.8 Å². The highest BCUT2D eigenvalue weighted by Gasteiger charge is 2.25. The lowest BCUT2D eigenvalue weighted by atomic mass is 10.0. The molecule has 2 rings (SSSR count). The van der Waals surface area contributed by atoms with Crippen LogP contribution in [0.3, 0.4) is 0 Å². The minimum atomic E-state index is -0.977. The fourth-order valence-electron chi connectivity index (χ4n) is 2.56. The van der Waals surface area contributed by atoms with Crippen LogP contribution in [0.5, 0.6) is 0 Å². The van der Waals surface area contributed by atoms with Gasteiger partial charge in [0, 0.05) is 0 Å². The Morgan fingerprint density at radius 2 is 2.05 bits per heavy atom. The van der Waals surface area contributed by atoms with Gasteiger partial charge in [0.25, 0.3) is 0 Å². The first-order valence-corrected chi connectivity index (χ1v) is 7.47. The summed E-state index contributed by atoms with van der Waals surface area (Å²) in [6.07, 6.45) is 3.89. The maximum atomic E-state index is 12.1. The van der Waals surface area contributed by atoms with Crippen molar-refractivity contribution in [2.24, 2.45) is 0 Å². The van der Waals surface area contributed by atoms with Gasteiger partial charge in [0.2, 0.25) is 5.91 Å². The maximum Gasteiger partial charge on any atom is 0.326 e. The Balaban J connectivity index is 1.86. The summed E-state index contributed by atoms with van der Waals surface area (Å²) in [6.45, 7) is 0.819. The molecule has 5 nitrogen and oxygen atoms in total. The number of hydrogen-bond donors (Lipinski definition) is 3. The molecular formula is C16H22N2O3. The summed E-state index contributed by atoms with van der Waals surface area (Å²) in [6, 6.07) is 8.62. The standard InChI is InChI=1S/C16H22N2O3/c19-15(13-8-4-5-11-17-13)18-14(16(20)21)10-9-12-6-2-1-3-7-12/h1-3,6-7,13-14,17H,4-5,8-11H2,(H,18,19)(H,20,21)/t13-,14?/m0/s1. The van der Waals surface area contributed by atoms with Gasteiger partial charge >= 0.3 is 5.97 Å². The summed E-state index contributed by atoms with van der Waals surface area (Å²) in [5.41, 5.74) is 1.08. The van der Waals surface area contributed by atoms with Crippen LogP contribution in [-0.4, -0.2) is 35.6 Å². The second-order valence-electron chi connectivity index (χ2n) is 5.43. The summed E-state index contributed by atoms with van der Waals surface area (Å²) >= 11 is 0. The molecule has 2 atom stereocenters. The molecule has 1 saturated heterocycles. The number of nitrogens with one attached hydrogen (secondary N) is 2. The molecule has 1 aliphatic heterocycles. The third kappa shape index (κ3) is 4.86. The number of benzene rings is 1. The van der Waals surface area contributed by atoms with E-state index in [-0.39, 0.29) is 11.9 Å². The van der Waals surface area contributed by atoms with Crippen LogP contribution in [0.4, 0.5) is 0 Å². The molecule has 0 saturated carbocycles. The Morgan fingerprint density at radius 3 is 2.67 bits per heavy atom. The van der Waals surface area contributed by atoms with Crippen molar-refractivity contribution in [2.45, 2.75) is 44.2 Å². The summed E-state index contributed by atoms with van der Waals surface area (Å²) in [5, 5.41) is 15.1. The van der Waals surface area contributed by atoms with Crippen LogP contribution < -0.4 is 10.6 Å². The monoisotopic (exact) mass is 290 g/mol. The second-order valence-corrected chi connectivity index (χ2v) is 5.43. The smallest absolute Gasteiger partial charge is 0.326 e. The van der Waals surface area contributed by atoms with Crippen molar-refractivity contribution in [1.82, 2.24) is 10.6 Å². The Hall–Kier alpha value is -1.88. The van der Waals surface area contributed by atoms with E-state index in [4.69, 9.17) is 0 Å².